The minimum absolute atomic E-state index is 0.0753. The van der Waals surface area contributed by atoms with Crippen LogP contribution in [0.1, 0.15) is 40.3 Å². The van der Waals surface area contributed by atoms with Gasteiger partial charge in [0.15, 0.2) is 0 Å². The van der Waals surface area contributed by atoms with E-state index in [0.29, 0.717) is 24.3 Å². The standard InChI is InChI=1S/C24H18F12N2O2/c1-13(9-37(2)10-14-3-16(21(25,26)27)7-17(4-14)22(28,29)30)20(40)38(12-39)11-15-5-18(23(31,32)33)8-19(6-15)24(34,35)36/h3-9,12H,10-11H2,1-2H3/b13-9-. The van der Waals surface area contributed by atoms with Crippen molar-refractivity contribution in [3.05, 3.63) is 81.6 Å². The molecule has 16 heteroatoms. The number of halogens is 12. The molecule has 0 aliphatic rings. The lowest BCUT2D eigenvalue weighted by Crippen LogP contribution is -2.31. The van der Waals surface area contributed by atoms with Crippen LogP contribution in [0.3, 0.4) is 0 Å². The number of rotatable bonds is 7. The lowest BCUT2D eigenvalue weighted by Gasteiger charge is -2.21. The molecule has 0 spiro atoms. The Labute approximate surface area is 218 Å². The molecule has 0 saturated carbocycles. The summed E-state index contributed by atoms with van der Waals surface area (Å²) in [5, 5.41) is 0. The molecule has 0 heterocycles. The molecule has 2 aromatic carbocycles. The molecule has 0 radical (unpaired) electrons. The van der Waals surface area contributed by atoms with Gasteiger partial charge in [-0.2, -0.15) is 52.7 Å². The largest absolute Gasteiger partial charge is 0.416 e. The first-order valence-corrected chi connectivity index (χ1v) is 10.7. The van der Waals surface area contributed by atoms with Crippen molar-refractivity contribution in [3.8, 4) is 0 Å². The highest BCUT2D eigenvalue weighted by Gasteiger charge is 2.38. The summed E-state index contributed by atoms with van der Waals surface area (Å²) in [5.41, 5.74) is -8.00. The van der Waals surface area contributed by atoms with Crippen LogP contribution in [0, 0.1) is 0 Å². The summed E-state index contributed by atoms with van der Waals surface area (Å²) >= 11 is 0. The molecule has 0 aliphatic carbocycles. The Morgan fingerprint density at radius 2 is 0.975 bits per heavy atom. The quantitative estimate of drug-likeness (QED) is 0.192. The van der Waals surface area contributed by atoms with Gasteiger partial charge in [-0.3, -0.25) is 14.5 Å². The maximum absolute atomic E-state index is 13.1. The Morgan fingerprint density at radius 1 is 0.650 bits per heavy atom. The third-order valence-electron chi connectivity index (χ3n) is 5.22. The predicted molar refractivity (Wildman–Crippen MR) is 115 cm³/mol. The molecule has 4 nitrogen and oxygen atoms in total. The highest BCUT2D eigenvalue weighted by Crippen LogP contribution is 2.38. The lowest BCUT2D eigenvalue weighted by molar-refractivity contribution is -0.144. The zero-order valence-electron chi connectivity index (χ0n) is 20.3. The molecule has 220 valence electrons. The Hall–Kier alpha value is -3.72. The summed E-state index contributed by atoms with van der Waals surface area (Å²) in [6.07, 6.45) is -19.8. The van der Waals surface area contributed by atoms with Gasteiger partial charge in [0, 0.05) is 25.4 Å². The second-order valence-corrected chi connectivity index (χ2v) is 8.59. The van der Waals surface area contributed by atoms with Crippen LogP contribution in [0.5, 0.6) is 0 Å². The molecule has 0 N–H and O–H groups in total. The van der Waals surface area contributed by atoms with Crippen molar-refractivity contribution < 1.29 is 62.3 Å². The summed E-state index contributed by atoms with van der Waals surface area (Å²) in [6, 6.07) is 1.33. The molecule has 0 saturated heterocycles. The van der Waals surface area contributed by atoms with Gasteiger partial charge in [0.1, 0.15) is 0 Å². The first kappa shape index (κ1) is 32.5. The normalized spacial score (nSPS) is 13.3. The van der Waals surface area contributed by atoms with E-state index >= 15 is 0 Å². The van der Waals surface area contributed by atoms with Crippen LogP contribution in [0.2, 0.25) is 0 Å². The van der Waals surface area contributed by atoms with Crippen LogP contribution in [-0.4, -0.2) is 29.2 Å². The molecular weight excluding hydrogens is 576 g/mol. The molecule has 0 aliphatic heterocycles. The van der Waals surface area contributed by atoms with Crippen molar-refractivity contribution in [2.24, 2.45) is 0 Å². The number of amides is 2. The van der Waals surface area contributed by atoms with Gasteiger partial charge in [-0.15, -0.1) is 0 Å². The molecule has 0 aromatic heterocycles. The van der Waals surface area contributed by atoms with Gasteiger partial charge in [-0.05, 0) is 54.4 Å². The first-order valence-electron chi connectivity index (χ1n) is 10.7. The van der Waals surface area contributed by atoms with Gasteiger partial charge in [0.2, 0.25) is 6.41 Å². The molecule has 2 amide bonds. The smallest absolute Gasteiger partial charge is 0.376 e. The van der Waals surface area contributed by atoms with Gasteiger partial charge in [0.25, 0.3) is 5.91 Å². The van der Waals surface area contributed by atoms with E-state index in [1.54, 1.807) is 0 Å². The Bertz CT molecular complexity index is 1210. The zero-order valence-corrected chi connectivity index (χ0v) is 20.3. The molecule has 0 bridgehead atoms. The minimum Gasteiger partial charge on any atom is -0.376 e. The van der Waals surface area contributed by atoms with E-state index in [2.05, 4.69) is 0 Å². The van der Waals surface area contributed by atoms with Crippen LogP contribution in [0.25, 0.3) is 0 Å². The summed E-state index contributed by atoms with van der Waals surface area (Å²) in [5.74, 6) is -1.20. The lowest BCUT2D eigenvalue weighted by atomic mass is 10.0. The Morgan fingerprint density at radius 3 is 1.27 bits per heavy atom. The zero-order chi connectivity index (χ0) is 30.8. The third-order valence-corrected chi connectivity index (χ3v) is 5.22. The number of benzene rings is 2. The average molecular weight is 594 g/mol. The van der Waals surface area contributed by atoms with E-state index in [1.807, 2.05) is 0 Å². The molecular formula is C24H18F12N2O2. The van der Waals surface area contributed by atoms with Gasteiger partial charge < -0.3 is 4.90 Å². The van der Waals surface area contributed by atoms with Crippen LogP contribution >= 0.6 is 0 Å². The fourth-order valence-electron chi connectivity index (χ4n) is 3.52. The number of hydrogen-bond donors (Lipinski definition) is 0. The highest BCUT2D eigenvalue weighted by molar-refractivity contribution is 5.98. The summed E-state index contributed by atoms with van der Waals surface area (Å²) in [7, 11) is 1.16. The second-order valence-electron chi connectivity index (χ2n) is 8.59. The second kappa shape index (κ2) is 11.4. The molecule has 40 heavy (non-hydrogen) atoms. The maximum atomic E-state index is 13.1. The third kappa shape index (κ3) is 8.64. The SMILES string of the molecule is C/C(=C/N(C)Cc1cc(C(F)(F)F)cc(C(F)(F)F)c1)C(=O)N(C=O)Cc1cc(C(F)(F)F)cc(C(F)(F)F)c1. The van der Waals surface area contributed by atoms with Crippen molar-refractivity contribution in [3.63, 3.8) is 0 Å². The summed E-state index contributed by atoms with van der Waals surface area (Å²) < 4.78 is 157. The van der Waals surface area contributed by atoms with Gasteiger partial charge in [-0.25, -0.2) is 0 Å². The number of imide groups is 1. The van der Waals surface area contributed by atoms with Crippen LogP contribution in [0.15, 0.2) is 48.2 Å². The van der Waals surface area contributed by atoms with Gasteiger partial charge in [-0.1, -0.05) is 0 Å². The molecule has 2 aromatic rings. The van der Waals surface area contributed by atoms with Crippen molar-refractivity contribution >= 4 is 12.3 Å². The van der Waals surface area contributed by atoms with Crippen LogP contribution in [-0.2, 0) is 47.4 Å². The predicted octanol–water partition coefficient (Wildman–Crippen LogP) is 7.28. The van der Waals surface area contributed by atoms with Crippen molar-refractivity contribution in [2.45, 2.75) is 44.7 Å². The Kier molecular flexibility index (Phi) is 9.27. The fraction of sp³-hybridized carbons (Fsp3) is 0.333. The number of alkyl halides is 12. The number of carbonyl (C=O) groups is 2. The highest BCUT2D eigenvalue weighted by atomic mass is 19.4. The van der Waals surface area contributed by atoms with E-state index in [4.69, 9.17) is 0 Å². The van der Waals surface area contributed by atoms with E-state index < -0.39 is 77.1 Å². The molecule has 0 unspecified atom stereocenters. The molecule has 0 fully saturated rings. The molecule has 0 atom stereocenters. The molecule has 2 rings (SSSR count). The Balaban J connectivity index is 2.33. The number of carbonyl (C=O) groups excluding carboxylic acids is 2. The number of nitrogens with zero attached hydrogens (tertiary/aromatic N) is 2. The van der Waals surface area contributed by atoms with Crippen molar-refractivity contribution in [2.75, 3.05) is 7.05 Å². The summed E-state index contributed by atoms with van der Waals surface area (Å²) in [6.45, 7) is -0.524. The fourth-order valence-corrected chi connectivity index (χ4v) is 3.52. The minimum atomic E-state index is -5.18. The van der Waals surface area contributed by atoms with E-state index in [-0.39, 0.29) is 29.0 Å². The maximum Gasteiger partial charge on any atom is 0.416 e. The van der Waals surface area contributed by atoms with Gasteiger partial charge in [0.05, 0.1) is 28.8 Å². The van der Waals surface area contributed by atoms with E-state index in [9.17, 15) is 62.3 Å². The van der Waals surface area contributed by atoms with Crippen molar-refractivity contribution in [1.82, 2.24) is 9.80 Å². The average Bonchev–Trinajstić information content (AvgIpc) is 2.79. The van der Waals surface area contributed by atoms with Crippen LogP contribution < -0.4 is 0 Å². The van der Waals surface area contributed by atoms with Crippen LogP contribution in [0.4, 0.5) is 52.7 Å². The van der Waals surface area contributed by atoms with E-state index in [0.717, 1.165) is 25.1 Å². The van der Waals surface area contributed by atoms with Crippen molar-refractivity contribution in [1.29, 1.82) is 0 Å². The number of hydrogen-bond acceptors (Lipinski definition) is 3. The van der Waals surface area contributed by atoms with Gasteiger partial charge >= 0.3 is 24.7 Å². The topological polar surface area (TPSA) is 40.6 Å². The first-order chi connectivity index (χ1) is 18.0. The summed E-state index contributed by atoms with van der Waals surface area (Å²) in [4.78, 5) is 25.4. The monoisotopic (exact) mass is 594 g/mol. The van der Waals surface area contributed by atoms with E-state index in [1.165, 1.54) is 0 Å².